The van der Waals surface area contributed by atoms with E-state index in [0.717, 1.165) is 15.7 Å². The molecular formula is C22H20N4O5. The van der Waals surface area contributed by atoms with E-state index in [1.54, 1.807) is 11.6 Å². The molecule has 0 spiro atoms. The maximum atomic E-state index is 12.9. The Balaban J connectivity index is 1.89. The van der Waals surface area contributed by atoms with Crippen LogP contribution in [0.1, 0.15) is 21.5 Å². The van der Waals surface area contributed by atoms with Crippen LogP contribution in [0.4, 0.5) is 0 Å². The lowest BCUT2D eigenvalue weighted by Crippen LogP contribution is -2.37. The van der Waals surface area contributed by atoms with Crippen LogP contribution in [0.3, 0.4) is 0 Å². The van der Waals surface area contributed by atoms with Crippen molar-refractivity contribution in [2.75, 3.05) is 0 Å². The van der Waals surface area contributed by atoms with E-state index in [2.05, 4.69) is 4.98 Å². The lowest BCUT2D eigenvalue weighted by molar-refractivity contribution is 0.0697. The highest BCUT2D eigenvalue weighted by Gasteiger charge is 2.21. The van der Waals surface area contributed by atoms with Crippen molar-refractivity contribution in [2.45, 2.75) is 13.5 Å². The number of benzene rings is 2. The molecule has 9 heteroatoms. The van der Waals surface area contributed by atoms with Crippen LogP contribution in [-0.4, -0.2) is 29.8 Å². The number of carbonyl (C=O) groups is 1. The molecule has 2 aromatic carbocycles. The van der Waals surface area contributed by atoms with Crippen LogP contribution in [0, 0.1) is 6.92 Å². The molecule has 0 saturated heterocycles. The fourth-order valence-electron chi connectivity index (χ4n) is 3.42. The van der Waals surface area contributed by atoms with Gasteiger partial charge in [0.1, 0.15) is 5.75 Å². The van der Waals surface area contributed by atoms with Gasteiger partial charge in [0.25, 0.3) is 5.56 Å². The number of hydrogen-bond acceptors (Lipinski definition) is 5. The van der Waals surface area contributed by atoms with Crippen molar-refractivity contribution in [1.82, 2.24) is 18.7 Å². The molecular weight excluding hydrogens is 400 g/mol. The van der Waals surface area contributed by atoms with Crippen molar-refractivity contribution in [3.63, 3.8) is 0 Å². The number of aromatic nitrogens is 4. The van der Waals surface area contributed by atoms with Crippen LogP contribution in [0.2, 0.25) is 0 Å². The first-order valence-corrected chi connectivity index (χ1v) is 9.49. The fourth-order valence-corrected chi connectivity index (χ4v) is 3.42. The molecule has 0 amide bonds. The van der Waals surface area contributed by atoms with Gasteiger partial charge in [-0.25, -0.2) is 9.59 Å². The van der Waals surface area contributed by atoms with Gasteiger partial charge >= 0.3 is 17.7 Å². The summed E-state index contributed by atoms with van der Waals surface area (Å²) >= 11 is 0. The van der Waals surface area contributed by atoms with Crippen molar-refractivity contribution in [3.8, 4) is 11.8 Å². The first kappa shape index (κ1) is 20.1. The Morgan fingerprint density at radius 1 is 1.06 bits per heavy atom. The normalized spacial score (nSPS) is 11.1. The quantitative estimate of drug-likeness (QED) is 0.531. The molecule has 4 aromatic rings. The van der Waals surface area contributed by atoms with Crippen molar-refractivity contribution >= 4 is 17.1 Å². The zero-order chi connectivity index (χ0) is 22.3. The Morgan fingerprint density at radius 2 is 1.77 bits per heavy atom. The van der Waals surface area contributed by atoms with Gasteiger partial charge in [0, 0.05) is 14.1 Å². The predicted octanol–water partition coefficient (Wildman–Crippen LogP) is 2.28. The van der Waals surface area contributed by atoms with Crippen LogP contribution < -0.4 is 16.0 Å². The number of hydrogen-bond donors (Lipinski definition) is 1. The van der Waals surface area contributed by atoms with Gasteiger partial charge in [-0.3, -0.25) is 18.5 Å². The molecule has 0 saturated carbocycles. The number of rotatable bonds is 5. The minimum absolute atomic E-state index is 0.122. The molecule has 0 unspecified atom stereocenters. The molecule has 0 aliphatic rings. The smallest absolute Gasteiger partial charge is 0.335 e. The molecule has 2 aromatic heterocycles. The third-order valence-corrected chi connectivity index (χ3v) is 5.05. The van der Waals surface area contributed by atoms with Crippen molar-refractivity contribution in [2.24, 2.45) is 14.1 Å². The highest BCUT2D eigenvalue weighted by atomic mass is 16.5. The molecule has 1 N–H and O–H groups in total. The van der Waals surface area contributed by atoms with E-state index in [1.807, 2.05) is 31.2 Å². The maximum absolute atomic E-state index is 12.9. The zero-order valence-electron chi connectivity index (χ0n) is 17.2. The fraction of sp³-hybridized carbons (Fsp3) is 0.182. The Kier molecular flexibility index (Phi) is 4.94. The summed E-state index contributed by atoms with van der Waals surface area (Å²) in [5, 5.41) is 9.08. The number of fused-ring (bicyclic) bond motifs is 1. The lowest BCUT2D eigenvalue weighted by Gasteiger charge is -2.11. The molecule has 0 aliphatic heterocycles. The highest BCUT2D eigenvalue weighted by molar-refractivity contribution is 5.87. The number of nitrogens with zero attached hydrogens (tertiary/aromatic N) is 4. The largest absolute Gasteiger partial charge is 0.478 e. The van der Waals surface area contributed by atoms with Crippen LogP contribution >= 0.6 is 0 Å². The molecule has 0 radical (unpaired) electrons. The van der Waals surface area contributed by atoms with Crippen molar-refractivity contribution < 1.29 is 14.6 Å². The van der Waals surface area contributed by atoms with E-state index in [4.69, 9.17) is 9.84 Å². The molecule has 4 rings (SSSR count). The maximum Gasteiger partial charge on any atom is 0.335 e. The second-order valence-electron chi connectivity index (χ2n) is 7.28. The van der Waals surface area contributed by atoms with Crippen molar-refractivity contribution in [1.29, 1.82) is 0 Å². The second kappa shape index (κ2) is 7.60. The van der Waals surface area contributed by atoms with Crippen LogP contribution in [0.25, 0.3) is 11.2 Å². The van der Waals surface area contributed by atoms with Crippen LogP contribution in [0.15, 0.2) is 58.1 Å². The van der Waals surface area contributed by atoms with Gasteiger partial charge in [-0.2, -0.15) is 4.98 Å². The average Bonchev–Trinajstić information content (AvgIpc) is 3.09. The lowest BCUT2D eigenvalue weighted by atomic mass is 10.1. The van der Waals surface area contributed by atoms with E-state index in [1.165, 1.54) is 35.9 Å². The van der Waals surface area contributed by atoms with Crippen LogP contribution in [0.5, 0.6) is 11.8 Å². The minimum Gasteiger partial charge on any atom is -0.478 e. The van der Waals surface area contributed by atoms with E-state index >= 15 is 0 Å². The molecule has 0 bridgehead atoms. The molecule has 9 nitrogen and oxygen atoms in total. The highest BCUT2D eigenvalue weighted by Crippen LogP contribution is 2.25. The Hall–Kier alpha value is -4.14. The van der Waals surface area contributed by atoms with E-state index in [0.29, 0.717) is 12.3 Å². The zero-order valence-corrected chi connectivity index (χ0v) is 17.2. The summed E-state index contributed by atoms with van der Waals surface area (Å²) in [6, 6.07) is 13.8. The Labute approximate surface area is 176 Å². The van der Waals surface area contributed by atoms with E-state index < -0.39 is 17.2 Å². The first-order valence-electron chi connectivity index (χ1n) is 9.49. The molecule has 0 aliphatic carbocycles. The van der Waals surface area contributed by atoms with Gasteiger partial charge in [-0.05, 0) is 36.8 Å². The van der Waals surface area contributed by atoms with Gasteiger partial charge in [-0.1, -0.05) is 29.8 Å². The number of aryl methyl sites for hydroxylation is 2. The number of carboxylic acid groups (broad SMARTS) is 1. The number of ether oxygens (including phenoxy) is 1. The molecule has 2 heterocycles. The van der Waals surface area contributed by atoms with Gasteiger partial charge < -0.3 is 9.84 Å². The topological polar surface area (TPSA) is 108 Å². The minimum atomic E-state index is -1.04. The summed E-state index contributed by atoms with van der Waals surface area (Å²) in [6.45, 7) is 2.27. The average molecular weight is 420 g/mol. The SMILES string of the molecule is Cc1cccc(Cn2c(Oc3ccc(C(=O)O)cc3)nc3c2c(=O)n(C)c(=O)n3C)c1. The predicted molar refractivity (Wildman–Crippen MR) is 114 cm³/mol. The van der Waals surface area contributed by atoms with Gasteiger partial charge in [0.05, 0.1) is 12.1 Å². The monoisotopic (exact) mass is 420 g/mol. The van der Waals surface area contributed by atoms with Crippen LogP contribution in [-0.2, 0) is 20.6 Å². The third kappa shape index (κ3) is 3.61. The number of carboxylic acids is 1. The van der Waals surface area contributed by atoms with Gasteiger partial charge in [-0.15, -0.1) is 0 Å². The summed E-state index contributed by atoms with van der Waals surface area (Å²) in [7, 11) is 2.96. The summed E-state index contributed by atoms with van der Waals surface area (Å²) in [4.78, 5) is 40.8. The summed E-state index contributed by atoms with van der Waals surface area (Å²) in [5.74, 6) is -0.690. The standard InChI is InChI=1S/C22H20N4O5/c1-13-5-4-6-14(11-13)12-26-17-18(24(2)22(30)25(3)19(17)27)23-21(26)31-16-9-7-15(8-10-16)20(28)29/h4-11H,12H2,1-3H3,(H,28,29). The van der Waals surface area contributed by atoms with E-state index in [-0.39, 0.29) is 22.7 Å². The molecule has 0 atom stereocenters. The number of aromatic carboxylic acids is 1. The summed E-state index contributed by atoms with van der Waals surface area (Å²) in [6.07, 6.45) is 0. The number of imidazole rings is 1. The molecule has 31 heavy (non-hydrogen) atoms. The summed E-state index contributed by atoms with van der Waals surface area (Å²) < 4.78 is 9.86. The van der Waals surface area contributed by atoms with E-state index in [9.17, 15) is 14.4 Å². The summed E-state index contributed by atoms with van der Waals surface area (Å²) in [5.41, 5.74) is 1.60. The van der Waals surface area contributed by atoms with Gasteiger partial charge in [0.2, 0.25) is 0 Å². The molecule has 158 valence electrons. The third-order valence-electron chi connectivity index (χ3n) is 5.05. The van der Waals surface area contributed by atoms with Crippen molar-refractivity contribution in [3.05, 3.63) is 86.1 Å². The van der Waals surface area contributed by atoms with Gasteiger partial charge in [0.15, 0.2) is 11.2 Å². The molecule has 0 fully saturated rings. The first-order chi connectivity index (χ1) is 14.8. The Morgan fingerprint density at radius 3 is 2.42 bits per heavy atom. The Bertz CT molecular complexity index is 1430. The second-order valence-corrected chi connectivity index (χ2v) is 7.28.